The summed E-state index contributed by atoms with van der Waals surface area (Å²) in [6.45, 7) is 2.19. The van der Waals surface area contributed by atoms with Gasteiger partial charge in [-0.1, -0.05) is 42.3 Å². The summed E-state index contributed by atoms with van der Waals surface area (Å²) in [5.74, 6) is 1.13. The van der Waals surface area contributed by atoms with Gasteiger partial charge in [-0.25, -0.2) is 4.99 Å². The first-order chi connectivity index (χ1) is 7.33. The van der Waals surface area contributed by atoms with Gasteiger partial charge in [0.15, 0.2) is 5.17 Å². The van der Waals surface area contributed by atoms with Gasteiger partial charge in [0.2, 0.25) is 0 Å². The number of amidine groups is 1. The van der Waals surface area contributed by atoms with E-state index in [0.29, 0.717) is 5.17 Å². The number of benzene rings is 1. The summed E-state index contributed by atoms with van der Waals surface area (Å²) in [6.07, 6.45) is 2.46. The van der Waals surface area contributed by atoms with Crippen molar-refractivity contribution >= 4 is 32.4 Å². The second-order valence-corrected chi connectivity index (χ2v) is 5.48. The smallest absolute Gasteiger partial charge is 0.169 e. The van der Waals surface area contributed by atoms with Crippen LogP contribution in [0.1, 0.15) is 19.8 Å². The fourth-order valence-corrected chi connectivity index (χ4v) is 2.78. The zero-order valence-corrected chi connectivity index (χ0v) is 10.5. The van der Waals surface area contributed by atoms with E-state index in [1.165, 1.54) is 12.8 Å². The number of hydrogen-bond acceptors (Lipinski definition) is 3. The van der Waals surface area contributed by atoms with E-state index >= 15 is 0 Å². The SMILES string of the molecule is CCCCSSC(N)=Nc1ccccc1. The topological polar surface area (TPSA) is 38.4 Å². The minimum Gasteiger partial charge on any atom is -0.378 e. The van der Waals surface area contributed by atoms with Gasteiger partial charge in [-0.15, -0.1) is 0 Å². The highest BCUT2D eigenvalue weighted by Crippen LogP contribution is 2.24. The molecule has 0 aliphatic heterocycles. The third kappa shape index (κ3) is 5.74. The van der Waals surface area contributed by atoms with Crippen molar-refractivity contribution in [2.24, 2.45) is 10.7 Å². The summed E-state index contributed by atoms with van der Waals surface area (Å²) in [4.78, 5) is 4.29. The van der Waals surface area contributed by atoms with E-state index in [9.17, 15) is 0 Å². The van der Waals surface area contributed by atoms with Gasteiger partial charge in [0.25, 0.3) is 0 Å². The summed E-state index contributed by atoms with van der Waals surface area (Å²) in [7, 11) is 3.32. The number of unbranched alkanes of at least 4 members (excludes halogenated alkanes) is 1. The maximum atomic E-state index is 5.78. The Morgan fingerprint density at radius 3 is 2.73 bits per heavy atom. The van der Waals surface area contributed by atoms with Crippen molar-refractivity contribution < 1.29 is 0 Å². The van der Waals surface area contributed by atoms with Crippen LogP contribution in [0, 0.1) is 0 Å². The van der Waals surface area contributed by atoms with Gasteiger partial charge >= 0.3 is 0 Å². The Hall–Kier alpha value is -0.610. The molecule has 0 bridgehead atoms. The van der Waals surface area contributed by atoms with Gasteiger partial charge in [0.1, 0.15) is 0 Å². The average Bonchev–Trinajstić information content (AvgIpc) is 2.26. The summed E-state index contributed by atoms with van der Waals surface area (Å²) < 4.78 is 0. The number of nitrogens with two attached hydrogens (primary N) is 1. The highest BCUT2D eigenvalue weighted by Gasteiger charge is 1.95. The van der Waals surface area contributed by atoms with E-state index < -0.39 is 0 Å². The lowest BCUT2D eigenvalue weighted by atomic mass is 10.3. The second kappa shape index (κ2) is 7.65. The summed E-state index contributed by atoms with van der Waals surface area (Å²) in [5.41, 5.74) is 6.70. The second-order valence-electron chi connectivity index (χ2n) is 3.04. The van der Waals surface area contributed by atoms with Crippen LogP contribution in [0.15, 0.2) is 35.3 Å². The fourth-order valence-electron chi connectivity index (χ4n) is 0.954. The standard InChI is InChI=1S/C11H16N2S2/c1-2-3-9-14-15-11(12)13-10-7-5-4-6-8-10/h4-8H,2-3,9H2,1H3,(H2,12,13). The molecule has 82 valence electrons. The van der Waals surface area contributed by atoms with Crippen molar-refractivity contribution in [1.82, 2.24) is 0 Å². The Labute approximate surface area is 99.1 Å². The van der Waals surface area contributed by atoms with Gasteiger partial charge in [-0.05, 0) is 29.3 Å². The molecule has 0 atom stereocenters. The molecule has 0 radical (unpaired) electrons. The molecular weight excluding hydrogens is 224 g/mol. The number of hydrogen-bond donors (Lipinski definition) is 1. The minimum absolute atomic E-state index is 0.627. The molecule has 0 aliphatic rings. The normalized spacial score (nSPS) is 11.7. The van der Waals surface area contributed by atoms with Crippen molar-refractivity contribution in [2.75, 3.05) is 5.75 Å². The Bertz CT molecular complexity index is 299. The Morgan fingerprint density at radius 1 is 1.33 bits per heavy atom. The first-order valence-electron chi connectivity index (χ1n) is 5.01. The number of para-hydroxylation sites is 1. The molecule has 0 heterocycles. The Kier molecular flexibility index (Phi) is 6.36. The molecule has 15 heavy (non-hydrogen) atoms. The molecule has 2 nitrogen and oxygen atoms in total. The zero-order chi connectivity index (χ0) is 10.9. The number of aliphatic imine (C=N–C) groups is 1. The summed E-state index contributed by atoms with van der Waals surface area (Å²) in [6, 6.07) is 9.79. The quantitative estimate of drug-likeness (QED) is 0.368. The number of rotatable bonds is 5. The highest BCUT2D eigenvalue weighted by atomic mass is 33.1. The van der Waals surface area contributed by atoms with Crippen molar-refractivity contribution in [3.8, 4) is 0 Å². The molecular formula is C11H16N2S2. The molecule has 0 fully saturated rings. The molecule has 1 rings (SSSR count). The van der Waals surface area contributed by atoms with Crippen LogP contribution in [-0.4, -0.2) is 10.9 Å². The summed E-state index contributed by atoms with van der Waals surface area (Å²) in [5, 5.41) is 0.627. The molecule has 0 spiro atoms. The minimum atomic E-state index is 0.627. The Morgan fingerprint density at radius 2 is 2.07 bits per heavy atom. The predicted molar refractivity (Wildman–Crippen MR) is 72.7 cm³/mol. The van der Waals surface area contributed by atoms with Gasteiger partial charge in [-0.2, -0.15) is 0 Å². The molecule has 1 aromatic rings. The lowest BCUT2D eigenvalue weighted by Gasteiger charge is -1.99. The van der Waals surface area contributed by atoms with Gasteiger partial charge in [0, 0.05) is 5.75 Å². The third-order valence-corrected chi connectivity index (χ3v) is 3.92. The lowest BCUT2D eigenvalue weighted by Crippen LogP contribution is -2.03. The fraction of sp³-hybridized carbons (Fsp3) is 0.364. The number of nitrogens with zero attached hydrogens (tertiary/aromatic N) is 1. The van der Waals surface area contributed by atoms with Gasteiger partial charge < -0.3 is 5.73 Å². The van der Waals surface area contributed by atoms with Gasteiger partial charge in [0.05, 0.1) is 5.69 Å². The monoisotopic (exact) mass is 240 g/mol. The Balaban J connectivity index is 2.33. The zero-order valence-electron chi connectivity index (χ0n) is 8.85. The molecule has 1 aromatic carbocycles. The molecule has 0 aliphatic carbocycles. The maximum Gasteiger partial charge on any atom is 0.169 e. The van der Waals surface area contributed by atoms with Crippen LogP contribution in [0.2, 0.25) is 0 Å². The van der Waals surface area contributed by atoms with Crippen LogP contribution in [0.5, 0.6) is 0 Å². The maximum absolute atomic E-state index is 5.78. The van der Waals surface area contributed by atoms with Gasteiger partial charge in [-0.3, -0.25) is 0 Å². The molecule has 0 unspecified atom stereocenters. The van der Waals surface area contributed by atoms with Crippen LogP contribution in [-0.2, 0) is 0 Å². The van der Waals surface area contributed by atoms with Crippen LogP contribution in [0.3, 0.4) is 0 Å². The molecule has 4 heteroatoms. The summed E-state index contributed by atoms with van der Waals surface area (Å²) >= 11 is 0. The molecule has 0 aromatic heterocycles. The molecule has 0 amide bonds. The van der Waals surface area contributed by atoms with Crippen LogP contribution < -0.4 is 5.73 Å². The van der Waals surface area contributed by atoms with Crippen LogP contribution >= 0.6 is 21.6 Å². The van der Waals surface area contributed by atoms with E-state index in [2.05, 4.69) is 11.9 Å². The van der Waals surface area contributed by atoms with E-state index in [-0.39, 0.29) is 0 Å². The lowest BCUT2D eigenvalue weighted by molar-refractivity contribution is 0.898. The van der Waals surface area contributed by atoms with Crippen molar-refractivity contribution in [3.63, 3.8) is 0 Å². The van der Waals surface area contributed by atoms with Crippen molar-refractivity contribution in [1.29, 1.82) is 0 Å². The van der Waals surface area contributed by atoms with Crippen molar-refractivity contribution in [2.45, 2.75) is 19.8 Å². The molecule has 0 saturated carbocycles. The highest BCUT2D eigenvalue weighted by molar-refractivity contribution is 8.82. The third-order valence-electron chi connectivity index (χ3n) is 1.72. The average molecular weight is 240 g/mol. The van der Waals surface area contributed by atoms with E-state index in [0.717, 1.165) is 11.4 Å². The largest absolute Gasteiger partial charge is 0.378 e. The first-order valence-corrected chi connectivity index (χ1v) is 7.33. The molecule has 2 N–H and O–H groups in total. The predicted octanol–water partition coefficient (Wildman–Crippen LogP) is 3.81. The van der Waals surface area contributed by atoms with E-state index in [1.807, 2.05) is 30.3 Å². The molecule has 0 saturated heterocycles. The van der Waals surface area contributed by atoms with E-state index in [4.69, 9.17) is 5.73 Å². The van der Waals surface area contributed by atoms with E-state index in [1.54, 1.807) is 21.6 Å². The van der Waals surface area contributed by atoms with Crippen LogP contribution in [0.4, 0.5) is 5.69 Å². The van der Waals surface area contributed by atoms with Crippen LogP contribution in [0.25, 0.3) is 0 Å². The van der Waals surface area contributed by atoms with Crippen molar-refractivity contribution in [3.05, 3.63) is 30.3 Å². The first kappa shape index (κ1) is 12.5.